The number of carbonyl (C=O) groups excluding carboxylic acids is 1. The van der Waals surface area contributed by atoms with Gasteiger partial charge in [0.25, 0.3) is 5.91 Å². The zero-order chi connectivity index (χ0) is 14.0. The van der Waals surface area contributed by atoms with Crippen LogP contribution in [0.2, 0.25) is 0 Å². The second kappa shape index (κ2) is 4.89. The van der Waals surface area contributed by atoms with Gasteiger partial charge in [-0.25, -0.2) is 0 Å². The smallest absolute Gasteiger partial charge is 0.259 e. The Bertz CT molecular complexity index is 637. The maximum absolute atomic E-state index is 12.0. The Morgan fingerprint density at radius 3 is 2.32 bits per heavy atom. The number of anilines is 1. The van der Waals surface area contributed by atoms with Crippen molar-refractivity contribution in [3.05, 3.63) is 47.5 Å². The summed E-state index contributed by atoms with van der Waals surface area (Å²) in [7, 11) is 0. The fourth-order valence-electron chi connectivity index (χ4n) is 1.68. The largest absolute Gasteiger partial charge is 0.508 e. The van der Waals surface area contributed by atoms with Gasteiger partial charge in [-0.15, -0.1) is 0 Å². The molecule has 0 aliphatic heterocycles. The van der Waals surface area contributed by atoms with E-state index in [-0.39, 0.29) is 22.8 Å². The van der Waals surface area contributed by atoms with Crippen LogP contribution in [0.5, 0.6) is 17.2 Å². The van der Waals surface area contributed by atoms with Gasteiger partial charge < -0.3 is 20.6 Å². The van der Waals surface area contributed by atoms with E-state index in [0.29, 0.717) is 11.3 Å². The molecule has 0 radical (unpaired) electrons. The Kier molecular flexibility index (Phi) is 3.29. The van der Waals surface area contributed by atoms with E-state index in [1.807, 2.05) is 0 Å². The summed E-state index contributed by atoms with van der Waals surface area (Å²) >= 11 is 0. The number of hydrogen-bond donors (Lipinski definition) is 4. The summed E-state index contributed by atoms with van der Waals surface area (Å²) < 4.78 is 0. The lowest BCUT2D eigenvalue weighted by atomic mass is 10.1. The number of phenols is 3. The van der Waals surface area contributed by atoms with E-state index in [0.717, 1.165) is 0 Å². The van der Waals surface area contributed by atoms with E-state index in [1.54, 1.807) is 13.0 Å². The minimum Gasteiger partial charge on any atom is -0.508 e. The first-order valence-electron chi connectivity index (χ1n) is 5.60. The zero-order valence-corrected chi connectivity index (χ0v) is 10.2. The number of phenolic OH excluding ortho intramolecular Hbond substituents is 3. The van der Waals surface area contributed by atoms with E-state index >= 15 is 0 Å². The van der Waals surface area contributed by atoms with Gasteiger partial charge in [0.15, 0.2) is 0 Å². The molecule has 0 saturated heterocycles. The molecular weight excluding hydrogens is 246 g/mol. The monoisotopic (exact) mass is 259 g/mol. The van der Waals surface area contributed by atoms with Crippen molar-refractivity contribution in [3.8, 4) is 17.2 Å². The van der Waals surface area contributed by atoms with Gasteiger partial charge in [-0.3, -0.25) is 4.79 Å². The van der Waals surface area contributed by atoms with Crippen LogP contribution in [0.25, 0.3) is 0 Å². The van der Waals surface area contributed by atoms with E-state index in [4.69, 9.17) is 0 Å². The SMILES string of the molecule is Cc1cc(O)ccc1NC(=O)c1cc(O)ccc1O. The molecule has 1 amide bonds. The summed E-state index contributed by atoms with van der Waals surface area (Å²) in [4.78, 5) is 12.0. The number of hydrogen-bond acceptors (Lipinski definition) is 4. The van der Waals surface area contributed by atoms with Crippen molar-refractivity contribution in [2.75, 3.05) is 5.32 Å². The van der Waals surface area contributed by atoms with Crippen molar-refractivity contribution < 1.29 is 20.1 Å². The molecule has 2 aromatic carbocycles. The van der Waals surface area contributed by atoms with Gasteiger partial charge in [-0.2, -0.15) is 0 Å². The summed E-state index contributed by atoms with van der Waals surface area (Å²) in [5.74, 6) is -0.755. The second-order valence-electron chi connectivity index (χ2n) is 4.15. The number of carbonyl (C=O) groups is 1. The molecule has 0 unspecified atom stereocenters. The number of benzene rings is 2. The van der Waals surface area contributed by atoms with Gasteiger partial charge in [0.2, 0.25) is 0 Å². The molecule has 0 heterocycles. The summed E-state index contributed by atoms with van der Waals surface area (Å²) in [5.41, 5.74) is 1.19. The number of aromatic hydroxyl groups is 3. The third kappa shape index (κ3) is 2.77. The number of amides is 1. The molecule has 5 heteroatoms. The molecule has 0 aliphatic carbocycles. The van der Waals surface area contributed by atoms with Crippen LogP contribution in [-0.2, 0) is 0 Å². The third-order valence-electron chi connectivity index (χ3n) is 2.68. The van der Waals surface area contributed by atoms with Gasteiger partial charge >= 0.3 is 0 Å². The van der Waals surface area contributed by atoms with E-state index in [9.17, 15) is 20.1 Å². The highest BCUT2D eigenvalue weighted by Crippen LogP contribution is 2.25. The van der Waals surface area contributed by atoms with Crippen molar-refractivity contribution in [2.24, 2.45) is 0 Å². The fraction of sp³-hybridized carbons (Fsp3) is 0.0714. The lowest BCUT2D eigenvalue weighted by molar-refractivity contribution is 0.102. The van der Waals surface area contributed by atoms with E-state index in [1.165, 1.54) is 30.3 Å². The Balaban J connectivity index is 2.28. The van der Waals surface area contributed by atoms with Gasteiger partial charge in [-0.1, -0.05) is 0 Å². The van der Waals surface area contributed by atoms with Crippen LogP contribution in [0.15, 0.2) is 36.4 Å². The van der Waals surface area contributed by atoms with Crippen LogP contribution in [0, 0.1) is 6.92 Å². The predicted octanol–water partition coefficient (Wildman–Crippen LogP) is 2.36. The Hall–Kier alpha value is -2.69. The molecule has 0 aliphatic rings. The van der Waals surface area contributed by atoms with E-state index < -0.39 is 5.91 Å². The molecule has 0 bridgehead atoms. The molecule has 2 aromatic rings. The van der Waals surface area contributed by atoms with Gasteiger partial charge in [0, 0.05) is 5.69 Å². The summed E-state index contributed by atoms with van der Waals surface area (Å²) in [6, 6.07) is 8.23. The van der Waals surface area contributed by atoms with Crippen LogP contribution in [-0.4, -0.2) is 21.2 Å². The highest BCUT2D eigenvalue weighted by atomic mass is 16.3. The summed E-state index contributed by atoms with van der Waals surface area (Å²) in [6.07, 6.45) is 0. The maximum Gasteiger partial charge on any atom is 0.259 e. The van der Waals surface area contributed by atoms with Gasteiger partial charge in [-0.05, 0) is 48.9 Å². The first kappa shape index (κ1) is 12.8. The van der Waals surface area contributed by atoms with Crippen LogP contribution in [0.3, 0.4) is 0 Å². The fourth-order valence-corrected chi connectivity index (χ4v) is 1.68. The van der Waals surface area contributed by atoms with Crippen molar-refractivity contribution in [2.45, 2.75) is 6.92 Å². The van der Waals surface area contributed by atoms with Gasteiger partial charge in [0.05, 0.1) is 5.56 Å². The van der Waals surface area contributed by atoms with E-state index in [2.05, 4.69) is 5.32 Å². The van der Waals surface area contributed by atoms with Crippen LogP contribution in [0.4, 0.5) is 5.69 Å². The lowest BCUT2D eigenvalue weighted by Gasteiger charge is -2.10. The Morgan fingerprint density at radius 2 is 1.63 bits per heavy atom. The summed E-state index contributed by atoms with van der Waals surface area (Å²) in [5, 5.41) is 30.8. The van der Waals surface area contributed by atoms with Crippen LogP contribution in [0.1, 0.15) is 15.9 Å². The van der Waals surface area contributed by atoms with Crippen molar-refractivity contribution in [3.63, 3.8) is 0 Å². The molecule has 0 fully saturated rings. The number of aryl methyl sites for hydroxylation is 1. The summed E-state index contributed by atoms with van der Waals surface area (Å²) in [6.45, 7) is 1.73. The maximum atomic E-state index is 12.0. The first-order valence-corrected chi connectivity index (χ1v) is 5.60. The molecule has 0 saturated carbocycles. The molecule has 98 valence electrons. The number of rotatable bonds is 2. The Labute approximate surface area is 109 Å². The van der Waals surface area contributed by atoms with Crippen LogP contribution >= 0.6 is 0 Å². The second-order valence-corrected chi connectivity index (χ2v) is 4.15. The quantitative estimate of drug-likeness (QED) is 0.623. The number of nitrogens with one attached hydrogen (secondary N) is 1. The minimum absolute atomic E-state index is 0.0209. The molecule has 5 nitrogen and oxygen atoms in total. The minimum atomic E-state index is -0.540. The molecule has 4 N–H and O–H groups in total. The average Bonchev–Trinajstić information content (AvgIpc) is 2.35. The average molecular weight is 259 g/mol. The van der Waals surface area contributed by atoms with Crippen LogP contribution < -0.4 is 5.32 Å². The van der Waals surface area contributed by atoms with Crippen molar-refractivity contribution in [1.29, 1.82) is 0 Å². The topological polar surface area (TPSA) is 89.8 Å². The third-order valence-corrected chi connectivity index (χ3v) is 2.68. The highest BCUT2D eigenvalue weighted by molar-refractivity contribution is 6.06. The molecule has 19 heavy (non-hydrogen) atoms. The van der Waals surface area contributed by atoms with Crippen molar-refractivity contribution >= 4 is 11.6 Å². The first-order chi connectivity index (χ1) is 8.97. The standard InChI is InChI=1S/C14H13NO4/c1-8-6-9(16)2-4-12(8)15-14(19)11-7-10(17)3-5-13(11)18/h2-7,16-18H,1H3,(H,15,19). The normalized spacial score (nSPS) is 10.2. The van der Waals surface area contributed by atoms with Gasteiger partial charge in [0.1, 0.15) is 17.2 Å². The zero-order valence-electron chi connectivity index (χ0n) is 10.2. The molecular formula is C14H13NO4. The highest BCUT2D eigenvalue weighted by Gasteiger charge is 2.13. The Morgan fingerprint density at radius 1 is 1.00 bits per heavy atom. The van der Waals surface area contributed by atoms with Crippen molar-refractivity contribution in [1.82, 2.24) is 0 Å². The molecule has 0 atom stereocenters. The lowest BCUT2D eigenvalue weighted by Crippen LogP contribution is -2.12. The molecule has 2 rings (SSSR count). The molecule has 0 aromatic heterocycles. The molecule has 0 spiro atoms. The predicted molar refractivity (Wildman–Crippen MR) is 70.6 cm³/mol.